The van der Waals surface area contributed by atoms with Crippen molar-refractivity contribution in [2.45, 2.75) is 30.5 Å². The number of nitrogens with two attached hydrogens (primary N) is 1. The van der Waals surface area contributed by atoms with Gasteiger partial charge in [-0.2, -0.15) is 0 Å². The molecule has 1 saturated heterocycles. The maximum Gasteiger partial charge on any atom is 0.0786 e. The van der Waals surface area contributed by atoms with E-state index >= 15 is 0 Å². The average Bonchev–Trinajstić information content (AvgIpc) is 2.04. The predicted molar refractivity (Wildman–Crippen MR) is 49.8 cm³/mol. The molecule has 1 aliphatic heterocycles. The smallest absolute Gasteiger partial charge is 0.0786 e. The largest absolute Gasteiger partial charge is 0.346 e. The molecule has 11 heavy (non-hydrogen) atoms. The highest BCUT2D eigenvalue weighted by atomic mass is 79.9. The summed E-state index contributed by atoms with van der Waals surface area (Å²) in [5, 5.41) is 2.50. The summed E-state index contributed by atoms with van der Waals surface area (Å²) in [5.74, 6) is 2.11. The lowest BCUT2D eigenvalue weighted by molar-refractivity contribution is -0.672. The van der Waals surface area contributed by atoms with Crippen molar-refractivity contribution in [2.24, 2.45) is 11.8 Å². The second-order valence-corrected chi connectivity index (χ2v) is 5.33. The molecule has 2 heteroatoms. The van der Waals surface area contributed by atoms with Gasteiger partial charge in [-0.15, -0.1) is 0 Å². The van der Waals surface area contributed by atoms with E-state index in [2.05, 4.69) is 21.2 Å². The zero-order chi connectivity index (χ0) is 7.68. The standard InChI is InChI=1S/C9H16BrN/c10-9-2-1-8-6-11-4-3-7(8)5-9/h7-9,11H,1-6H2/p+1/t7-,8+,9+/m0/s1. The van der Waals surface area contributed by atoms with Crippen LogP contribution in [0.2, 0.25) is 0 Å². The van der Waals surface area contributed by atoms with Gasteiger partial charge >= 0.3 is 0 Å². The molecule has 2 aliphatic rings. The summed E-state index contributed by atoms with van der Waals surface area (Å²) in [5.41, 5.74) is 0. The molecule has 1 saturated carbocycles. The van der Waals surface area contributed by atoms with Gasteiger partial charge in [-0.05, 0) is 31.6 Å². The van der Waals surface area contributed by atoms with E-state index in [-0.39, 0.29) is 0 Å². The number of hydrogen-bond acceptors (Lipinski definition) is 0. The number of rotatable bonds is 0. The fourth-order valence-electron chi connectivity index (χ4n) is 2.60. The minimum Gasteiger partial charge on any atom is -0.346 e. The Balaban J connectivity index is 1.93. The van der Waals surface area contributed by atoms with Crippen molar-refractivity contribution in [1.29, 1.82) is 0 Å². The molecule has 1 heterocycles. The van der Waals surface area contributed by atoms with Crippen LogP contribution in [0.15, 0.2) is 0 Å². The lowest BCUT2D eigenvalue weighted by atomic mass is 9.76. The van der Waals surface area contributed by atoms with Crippen molar-refractivity contribution in [3.8, 4) is 0 Å². The van der Waals surface area contributed by atoms with Gasteiger partial charge in [0.05, 0.1) is 13.1 Å². The molecule has 0 bridgehead atoms. The highest BCUT2D eigenvalue weighted by Crippen LogP contribution is 2.35. The average molecular weight is 219 g/mol. The SMILES string of the molecule is Br[C@@H]1CC[C@@H]2C[NH2+]CC[C@H]2C1. The minimum atomic E-state index is 0.835. The summed E-state index contributed by atoms with van der Waals surface area (Å²) in [4.78, 5) is 0.835. The van der Waals surface area contributed by atoms with Gasteiger partial charge in [-0.3, -0.25) is 0 Å². The van der Waals surface area contributed by atoms with Gasteiger partial charge in [0.25, 0.3) is 0 Å². The summed E-state index contributed by atoms with van der Waals surface area (Å²) in [6.45, 7) is 2.78. The van der Waals surface area contributed by atoms with Crippen LogP contribution in [0.5, 0.6) is 0 Å². The van der Waals surface area contributed by atoms with Crippen molar-refractivity contribution >= 4 is 15.9 Å². The topological polar surface area (TPSA) is 16.6 Å². The third-order valence-corrected chi connectivity index (χ3v) is 4.12. The van der Waals surface area contributed by atoms with Crippen LogP contribution >= 0.6 is 15.9 Å². The van der Waals surface area contributed by atoms with Crippen LogP contribution in [0.4, 0.5) is 0 Å². The molecule has 64 valence electrons. The molecule has 2 rings (SSSR count). The molecule has 0 aromatic heterocycles. The van der Waals surface area contributed by atoms with E-state index in [1.54, 1.807) is 0 Å². The lowest BCUT2D eigenvalue weighted by Crippen LogP contribution is -2.88. The van der Waals surface area contributed by atoms with Crippen molar-refractivity contribution < 1.29 is 5.32 Å². The number of quaternary nitrogens is 1. The van der Waals surface area contributed by atoms with Crippen molar-refractivity contribution in [1.82, 2.24) is 0 Å². The second kappa shape index (κ2) is 3.44. The number of alkyl halides is 1. The van der Waals surface area contributed by atoms with Gasteiger partial charge < -0.3 is 5.32 Å². The first-order valence-corrected chi connectivity index (χ1v) is 5.73. The molecule has 0 unspecified atom stereocenters. The van der Waals surface area contributed by atoms with E-state index in [4.69, 9.17) is 0 Å². The molecule has 3 atom stereocenters. The molecule has 1 aliphatic carbocycles. The number of piperidine rings is 1. The molecule has 0 spiro atoms. The monoisotopic (exact) mass is 218 g/mol. The highest BCUT2D eigenvalue weighted by Gasteiger charge is 2.32. The van der Waals surface area contributed by atoms with E-state index in [0.29, 0.717) is 0 Å². The molecular formula is C9H17BrN+. The Morgan fingerprint density at radius 1 is 1.09 bits per heavy atom. The first-order valence-electron chi connectivity index (χ1n) is 4.82. The highest BCUT2D eigenvalue weighted by molar-refractivity contribution is 9.09. The molecule has 0 radical (unpaired) electrons. The summed E-state index contributed by atoms with van der Waals surface area (Å²) >= 11 is 3.74. The Morgan fingerprint density at radius 2 is 2.00 bits per heavy atom. The first kappa shape index (κ1) is 8.06. The zero-order valence-corrected chi connectivity index (χ0v) is 8.52. The van der Waals surface area contributed by atoms with E-state index in [1.807, 2.05) is 0 Å². The minimum absolute atomic E-state index is 0.835. The quantitative estimate of drug-likeness (QED) is 0.588. The third kappa shape index (κ3) is 1.78. The van der Waals surface area contributed by atoms with Crippen LogP contribution in [0, 0.1) is 11.8 Å². The Hall–Kier alpha value is 0.440. The van der Waals surface area contributed by atoms with Crippen LogP contribution in [0.3, 0.4) is 0 Å². The van der Waals surface area contributed by atoms with E-state index in [1.165, 1.54) is 38.8 Å². The summed E-state index contributed by atoms with van der Waals surface area (Å²) in [6.07, 6.45) is 5.79. The first-order chi connectivity index (χ1) is 5.36. The Labute approximate surface area is 77.1 Å². The van der Waals surface area contributed by atoms with E-state index in [9.17, 15) is 0 Å². The fraction of sp³-hybridized carbons (Fsp3) is 1.00. The normalized spacial score (nSPS) is 45.0. The van der Waals surface area contributed by atoms with E-state index in [0.717, 1.165) is 16.7 Å². The van der Waals surface area contributed by atoms with Crippen LogP contribution in [-0.2, 0) is 0 Å². The summed E-state index contributed by atoms with van der Waals surface area (Å²) in [7, 11) is 0. The summed E-state index contributed by atoms with van der Waals surface area (Å²) in [6, 6.07) is 0. The van der Waals surface area contributed by atoms with Gasteiger partial charge in [-0.25, -0.2) is 0 Å². The fourth-order valence-corrected chi connectivity index (χ4v) is 3.34. The Bertz CT molecular complexity index is 138. The van der Waals surface area contributed by atoms with Crippen LogP contribution in [-0.4, -0.2) is 17.9 Å². The number of halogens is 1. The van der Waals surface area contributed by atoms with Crippen LogP contribution in [0.1, 0.15) is 25.7 Å². The molecular weight excluding hydrogens is 202 g/mol. The zero-order valence-electron chi connectivity index (χ0n) is 6.93. The predicted octanol–water partition coefficient (Wildman–Crippen LogP) is 1.13. The van der Waals surface area contributed by atoms with Gasteiger partial charge in [0.2, 0.25) is 0 Å². The molecule has 0 aromatic carbocycles. The molecule has 0 amide bonds. The van der Waals surface area contributed by atoms with Crippen LogP contribution in [0.25, 0.3) is 0 Å². The number of fused-ring (bicyclic) bond motifs is 1. The van der Waals surface area contributed by atoms with Crippen molar-refractivity contribution in [3.63, 3.8) is 0 Å². The van der Waals surface area contributed by atoms with Crippen molar-refractivity contribution in [3.05, 3.63) is 0 Å². The Morgan fingerprint density at radius 3 is 2.91 bits per heavy atom. The van der Waals surface area contributed by atoms with E-state index < -0.39 is 0 Å². The summed E-state index contributed by atoms with van der Waals surface area (Å²) < 4.78 is 0. The van der Waals surface area contributed by atoms with Gasteiger partial charge in [0.1, 0.15) is 0 Å². The molecule has 2 N–H and O–H groups in total. The molecule has 2 fully saturated rings. The maximum absolute atomic E-state index is 3.74. The molecule has 1 nitrogen and oxygen atoms in total. The second-order valence-electron chi connectivity index (χ2n) is 4.03. The number of hydrogen-bond donors (Lipinski definition) is 1. The van der Waals surface area contributed by atoms with Crippen molar-refractivity contribution in [2.75, 3.05) is 13.1 Å². The van der Waals surface area contributed by atoms with Gasteiger partial charge in [-0.1, -0.05) is 15.9 Å². The maximum atomic E-state index is 3.74. The van der Waals surface area contributed by atoms with Gasteiger partial charge in [0, 0.05) is 10.7 Å². The van der Waals surface area contributed by atoms with Gasteiger partial charge in [0.15, 0.2) is 0 Å². The molecule has 0 aromatic rings. The van der Waals surface area contributed by atoms with Crippen LogP contribution < -0.4 is 5.32 Å². The third-order valence-electron chi connectivity index (χ3n) is 3.29. The lowest BCUT2D eigenvalue weighted by Gasteiger charge is -2.35. The Kier molecular flexibility index (Phi) is 2.52.